The van der Waals surface area contributed by atoms with Crippen LogP contribution in [0.3, 0.4) is 0 Å². The van der Waals surface area contributed by atoms with E-state index in [4.69, 9.17) is 4.63 Å². The Labute approximate surface area is 152 Å². The third kappa shape index (κ3) is 3.18. The lowest BCUT2D eigenvalue weighted by Gasteiger charge is -2.21. The first-order valence-electron chi connectivity index (χ1n) is 8.47. The molecule has 27 heavy (non-hydrogen) atoms. The minimum atomic E-state index is -0.674. The first kappa shape index (κ1) is 17.3. The zero-order valence-corrected chi connectivity index (χ0v) is 14.5. The van der Waals surface area contributed by atoms with Gasteiger partial charge in [0.15, 0.2) is 5.69 Å². The van der Waals surface area contributed by atoms with Crippen molar-refractivity contribution in [1.82, 2.24) is 30.2 Å². The van der Waals surface area contributed by atoms with Gasteiger partial charge in [-0.25, -0.2) is 18.1 Å². The van der Waals surface area contributed by atoms with E-state index in [1.54, 1.807) is 11.8 Å². The summed E-state index contributed by atoms with van der Waals surface area (Å²) in [4.78, 5) is 14.5. The van der Waals surface area contributed by atoms with Crippen LogP contribution in [-0.4, -0.2) is 42.7 Å². The molecule has 0 saturated carbocycles. The number of amides is 1. The van der Waals surface area contributed by atoms with Gasteiger partial charge in [-0.1, -0.05) is 21.6 Å². The van der Waals surface area contributed by atoms with E-state index in [1.165, 1.54) is 29.1 Å². The van der Waals surface area contributed by atoms with Crippen LogP contribution in [0, 0.1) is 18.6 Å². The van der Waals surface area contributed by atoms with Crippen molar-refractivity contribution in [1.29, 1.82) is 0 Å². The minimum absolute atomic E-state index is 0.104. The number of aryl methyl sites for hydroxylation is 1. The van der Waals surface area contributed by atoms with Crippen molar-refractivity contribution in [3.63, 3.8) is 0 Å². The van der Waals surface area contributed by atoms with Gasteiger partial charge in [-0.2, -0.15) is 0 Å². The van der Waals surface area contributed by atoms with E-state index in [9.17, 15) is 13.6 Å². The van der Waals surface area contributed by atoms with Crippen molar-refractivity contribution in [3.05, 3.63) is 58.7 Å². The molecule has 0 spiro atoms. The van der Waals surface area contributed by atoms with Crippen molar-refractivity contribution in [2.45, 2.75) is 32.4 Å². The molecule has 8 nitrogen and oxygen atoms in total. The first-order valence-corrected chi connectivity index (χ1v) is 8.47. The van der Waals surface area contributed by atoms with E-state index in [2.05, 4.69) is 20.6 Å². The maximum absolute atomic E-state index is 13.8. The number of rotatable bonds is 4. The van der Waals surface area contributed by atoms with Crippen LogP contribution in [0.5, 0.6) is 0 Å². The fraction of sp³-hybridized carbons (Fsp3) is 0.353. The minimum Gasteiger partial charge on any atom is -0.328 e. The number of likely N-dealkylation sites (tertiary alicyclic amines) is 1. The van der Waals surface area contributed by atoms with Crippen LogP contribution < -0.4 is 0 Å². The molecule has 4 rings (SSSR count). The van der Waals surface area contributed by atoms with Crippen molar-refractivity contribution >= 4 is 5.91 Å². The van der Waals surface area contributed by atoms with Gasteiger partial charge in [-0.05, 0) is 31.9 Å². The number of aromatic nitrogens is 5. The fourth-order valence-electron chi connectivity index (χ4n) is 3.30. The summed E-state index contributed by atoms with van der Waals surface area (Å²) in [7, 11) is 0. The Bertz CT molecular complexity index is 965. The summed E-state index contributed by atoms with van der Waals surface area (Å²) in [5.74, 6) is -1.67. The molecule has 140 valence electrons. The number of carbonyl (C=O) groups excluding carboxylic acids is 1. The average molecular weight is 374 g/mol. The highest BCUT2D eigenvalue weighted by Crippen LogP contribution is 2.33. The predicted molar refractivity (Wildman–Crippen MR) is 87.5 cm³/mol. The lowest BCUT2D eigenvalue weighted by Crippen LogP contribution is -2.31. The molecule has 1 atom stereocenters. The Morgan fingerprint density at radius 2 is 2.07 bits per heavy atom. The Balaban J connectivity index is 1.54. The molecule has 3 heterocycles. The number of nitrogens with zero attached hydrogens (tertiary/aromatic N) is 6. The number of carbonyl (C=O) groups is 1. The molecule has 0 N–H and O–H groups in total. The standard InChI is InChI=1S/C17H16F2N6O2/c1-10-16(22-27-21-10)15-6-3-7-25(15)17(26)14-9-24(23-20-14)8-11-12(18)4-2-5-13(11)19/h2,4-5,9,15H,3,6-8H2,1H3/t15-/m1/s1. The second kappa shape index (κ2) is 6.86. The molecule has 10 heteroatoms. The molecule has 1 fully saturated rings. The summed E-state index contributed by atoms with van der Waals surface area (Å²) in [6.07, 6.45) is 2.95. The summed E-state index contributed by atoms with van der Waals surface area (Å²) in [5.41, 5.74) is 1.23. The molecule has 0 radical (unpaired) electrons. The van der Waals surface area contributed by atoms with E-state index < -0.39 is 11.6 Å². The molecular weight excluding hydrogens is 358 g/mol. The monoisotopic (exact) mass is 374 g/mol. The Kier molecular flexibility index (Phi) is 4.38. The van der Waals surface area contributed by atoms with Crippen LogP contribution in [0.2, 0.25) is 0 Å². The van der Waals surface area contributed by atoms with Crippen molar-refractivity contribution in [2.24, 2.45) is 0 Å². The average Bonchev–Trinajstić information content (AvgIpc) is 3.38. The van der Waals surface area contributed by atoms with Gasteiger partial charge >= 0.3 is 0 Å². The molecule has 1 saturated heterocycles. The van der Waals surface area contributed by atoms with E-state index >= 15 is 0 Å². The molecule has 0 bridgehead atoms. The predicted octanol–water partition coefficient (Wildman–Crippen LogP) is 2.27. The van der Waals surface area contributed by atoms with Gasteiger partial charge in [0.25, 0.3) is 5.91 Å². The topological polar surface area (TPSA) is 89.9 Å². The molecule has 1 aliphatic rings. The van der Waals surface area contributed by atoms with E-state index in [1.807, 2.05) is 0 Å². The molecule has 1 aromatic carbocycles. The maximum Gasteiger partial charge on any atom is 0.276 e. The maximum atomic E-state index is 13.8. The van der Waals surface area contributed by atoms with Crippen molar-refractivity contribution in [3.8, 4) is 0 Å². The summed E-state index contributed by atoms with van der Waals surface area (Å²) in [6, 6.07) is 3.39. The summed E-state index contributed by atoms with van der Waals surface area (Å²) in [6.45, 7) is 2.16. The number of hydrogen-bond acceptors (Lipinski definition) is 6. The second-order valence-electron chi connectivity index (χ2n) is 6.39. The van der Waals surface area contributed by atoms with Gasteiger partial charge in [0.05, 0.1) is 18.8 Å². The molecular formula is C17H16F2N6O2. The van der Waals surface area contributed by atoms with E-state index in [0.717, 1.165) is 12.8 Å². The first-order chi connectivity index (χ1) is 13.0. The van der Waals surface area contributed by atoms with Gasteiger partial charge in [0.2, 0.25) is 0 Å². The smallest absolute Gasteiger partial charge is 0.276 e. The number of halogens is 2. The van der Waals surface area contributed by atoms with Gasteiger partial charge in [-0.15, -0.1) is 5.10 Å². The lowest BCUT2D eigenvalue weighted by molar-refractivity contribution is 0.0724. The molecule has 0 unspecified atom stereocenters. The molecule has 1 aliphatic heterocycles. The largest absolute Gasteiger partial charge is 0.328 e. The van der Waals surface area contributed by atoms with E-state index in [0.29, 0.717) is 17.9 Å². The number of benzene rings is 1. The SMILES string of the molecule is Cc1nonc1[C@H]1CCCN1C(=O)c1cn(Cc2c(F)cccc2F)nn1. The molecule has 0 aliphatic carbocycles. The van der Waals surface area contributed by atoms with Gasteiger partial charge in [0, 0.05) is 12.1 Å². The van der Waals surface area contributed by atoms with Crippen LogP contribution in [0.25, 0.3) is 0 Å². The van der Waals surface area contributed by atoms with Crippen LogP contribution in [-0.2, 0) is 6.54 Å². The summed E-state index contributed by atoms with van der Waals surface area (Å²) >= 11 is 0. The van der Waals surface area contributed by atoms with Crippen LogP contribution in [0.15, 0.2) is 29.0 Å². The van der Waals surface area contributed by atoms with Crippen LogP contribution in [0.1, 0.15) is 46.3 Å². The zero-order chi connectivity index (χ0) is 19.0. The van der Waals surface area contributed by atoms with Crippen molar-refractivity contribution < 1.29 is 18.2 Å². The van der Waals surface area contributed by atoms with Crippen LogP contribution in [0.4, 0.5) is 8.78 Å². The van der Waals surface area contributed by atoms with Crippen LogP contribution >= 0.6 is 0 Å². The highest BCUT2D eigenvalue weighted by Gasteiger charge is 2.35. The fourth-order valence-corrected chi connectivity index (χ4v) is 3.30. The highest BCUT2D eigenvalue weighted by atomic mass is 19.1. The van der Waals surface area contributed by atoms with Crippen molar-refractivity contribution in [2.75, 3.05) is 6.54 Å². The summed E-state index contributed by atoms with van der Waals surface area (Å²) in [5, 5.41) is 15.4. The Hall–Kier alpha value is -3.17. The molecule has 2 aromatic heterocycles. The molecule has 3 aromatic rings. The van der Waals surface area contributed by atoms with E-state index in [-0.39, 0.29) is 29.8 Å². The zero-order valence-electron chi connectivity index (χ0n) is 14.5. The molecule has 1 amide bonds. The lowest BCUT2D eigenvalue weighted by atomic mass is 10.1. The second-order valence-corrected chi connectivity index (χ2v) is 6.39. The van der Waals surface area contributed by atoms with Gasteiger partial charge < -0.3 is 4.90 Å². The summed E-state index contributed by atoms with van der Waals surface area (Å²) < 4.78 is 33.6. The van der Waals surface area contributed by atoms with Gasteiger partial charge in [-0.3, -0.25) is 4.79 Å². The number of hydrogen-bond donors (Lipinski definition) is 0. The quantitative estimate of drug-likeness (QED) is 0.696. The Morgan fingerprint density at radius 3 is 2.78 bits per heavy atom. The highest BCUT2D eigenvalue weighted by molar-refractivity contribution is 5.92. The third-order valence-electron chi connectivity index (χ3n) is 4.66. The van der Waals surface area contributed by atoms with Gasteiger partial charge in [0.1, 0.15) is 23.0 Å². The normalized spacial score (nSPS) is 16.9. The third-order valence-corrected chi connectivity index (χ3v) is 4.66. The Morgan fingerprint density at radius 1 is 1.30 bits per heavy atom.